The van der Waals surface area contributed by atoms with E-state index < -0.39 is 0 Å². The van der Waals surface area contributed by atoms with E-state index in [4.69, 9.17) is 23.2 Å². The average Bonchev–Trinajstić information content (AvgIpc) is 2.57. The van der Waals surface area contributed by atoms with E-state index in [9.17, 15) is 4.79 Å². The Morgan fingerprint density at radius 3 is 2.68 bits per heavy atom. The Bertz CT molecular complexity index is 720. The Morgan fingerprint density at radius 1 is 1.16 bits per heavy atom. The molecule has 0 unspecified atom stereocenters. The second-order valence-corrected chi connectivity index (χ2v) is 7.12. The zero-order chi connectivity index (χ0) is 18.2. The smallest absolute Gasteiger partial charge is 0.269 e. The summed E-state index contributed by atoms with van der Waals surface area (Å²) in [6, 6.07) is 9.09. The molecule has 6 heteroatoms. The molecule has 0 fully saturated rings. The molecule has 1 aromatic heterocycles. The largest absolute Gasteiger partial charge is 0.385 e. The third-order valence-corrected chi connectivity index (χ3v) is 4.33. The summed E-state index contributed by atoms with van der Waals surface area (Å²) in [5.41, 5.74) is 2.30. The Labute approximate surface area is 158 Å². The lowest BCUT2D eigenvalue weighted by molar-refractivity contribution is 0.0947. The van der Waals surface area contributed by atoms with E-state index in [0.717, 1.165) is 24.1 Å². The van der Waals surface area contributed by atoms with Crippen LogP contribution in [0.3, 0.4) is 0 Å². The molecule has 1 amide bonds. The van der Waals surface area contributed by atoms with Crippen molar-refractivity contribution in [3.63, 3.8) is 0 Å². The molecule has 0 atom stereocenters. The molecule has 0 bridgehead atoms. The number of nitrogens with one attached hydrogen (secondary N) is 2. The number of pyridine rings is 1. The molecular formula is C19H23Cl2N3O. The summed E-state index contributed by atoms with van der Waals surface area (Å²) >= 11 is 12.1. The van der Waals surface area contributed by atoms with E-state index in [2.05, 4.69) is 29.5 Å². The number of hydrogen-bond acceptors (Lipinski definition) is 3. The maximum absolute atomic E-state index is 12.1. The van der Waals surface area contributed by atoms with Crippen LogP contribution in [-0.2, 0) is 6.42 Å². The van der Waals surface area contributed by atoms with E-state index in [0.29, 0.717) is 34.7 Å². The van der Waals surface area contributed by atoms with Crippen molar-refractivity contribution in [1.82, 2.24) is 10.3 Å². The van der Waals surface area contributed by atoms with Gasteiger partial charge in [-0.2, -0.15) is 0 Å². The molecule has 2 N–H and O–H groups in total. The van der Waals surface area contributed by atoms with Crippen molar-refractivity contribution in [2.75, 3.05) is 18.4 Å². The Kier molecular flexibility index (Phi) is 7.53. The molecule has 1 aromatic carbocycles. The molecule has 134 valence electrons. The molecule has 0 aliphatic carbocycles. The Hall–Kier alpha value is -1.78. The highest BCUT2D eigenvalue weighted by atomic mass is 35.5. The number of nitrogens with zero attached hydrogens (tertiary/aromatic N) is 1. The van der Waals surface area contributed by atoms with Gasteiger partial charge in [0.25, 0.3) is 5.91 Å². The van der Waals surface area contributed by atoms with Crippen molar-refractivity contribution < 1.29 is 4.79 Å². The van der Waals surface area contributed by atoms with Gasteiger partial charge in [0.1, 0.15) is 5.69 Å². The van der Waals surface area contributed by atoms with Crippen molar-refractivity contribution in [1.29, 1.82) is 0 Å². The lowest BCUT2D eigenvalue weighted by Crippen LogP contribution is -2.26. The van der Waals surface area contributed by atoms with Crippen LogP contribution in [0, 0.1) is 5.92 Å². The minimum absolute atomic E-state index is 0.148. The number of rotatable bonds is 8. The Balaban J connectivity index is 1.87. The molecule has 0 saturated carbocycles. The molecule has 2 aromatic rings. The first-order valence-electron chi connectivity index (χ1n) is 8.37. The lowest BCUT2D eigenvalue weighted by Gasteiger charge is -2.10. The maximum atomic E-state index is 12.1. The molecule has 0 radical (unpaired) electrons. The van der Waals surface area contributed by atoms with Gasteiger partial charge < -0.3 is 10.6 Å². The van der Waals surface area contributed by atoms with Crippen molar-refractivity contribution in [3.8, 4) is 0 Å². The van der Waals surface area contributed by atoms with Crippen molar-refractivity contribution >= 4 is 34.8 Å². The summed E-state index contributed by atoms with van der Waals surface area (Å²) in [5.74, 6) is 0.408. The second-order valence-electron chi connectivity index (χ2n) is 6.28. The van der Waals surface area contributed by atoms with Gasteiger partial charge in [0.2, 0.25) is 0 Å². The number of benzene rings is 1. The summed E-state index contributed by atoms with van der Waals surface area (Å²) in [7, 11) is 0. The highest BCUT2D eigenvalue weighted by Crippen LogP contribution is 2.21. The summed E-state index contributed by atoms with van der Waals surface area (Å²) < 4.78 is 0. The number of hydrogen-bond donors (Lipinski definition) is 2. The van der Waals surface area contributed by atoms with Crippen molar-refractivity contribution in [2.45, 2.75) is 26.7 Å². The Morgan fingerprint density at radius 2 is 1.96 bits per heavy atom. The number of carbonyl (C=O) groups is 1. The monoisotopic (exact) mass is 379 g/mol. The van der Waals surface area contributed by atoms with Gasteiger partial charge in [-0.25, -0.2) is 0 Å². The van der Waals surface area contributed by atoms with Crippen LogP contribution >= 0.6 is 23.2 Å². The first-order chi connectivity index (χ1) is 12.0. The summed E-state index contributed by atoms with van der Waals surface area (Å²) in [5, 5.41) is 7.48. The first kappa shape index (κ1) is 19.5. The number of anilines is 1. The zero-order valence-corrected chi connectivity index (χ0v) is 16.0. The van der Waals surface area contributed by atoms with Crippen LogP contribution in [0.25, 0.3) is 0 Å². The van der Waals surface area contributed by atoms with Crippen molar-refractivity contribution in [2.24, 2.45) is 5.92 Å². The minimum atomic E-state index is -0.148. The van der Waals surface area contributed by atoms with Crippen LogP contribution in [0.2, 0.25) is 10.0 Å². The highest BCUT2D eigenvalue weighted by Gasteiger charge is 2.08. The van der Waals surface area contributed by atoms with Gasteiger partial charge in [0.15, 0.2) is 0 Å². The fourth-order valence-electron chi connectivity index (χ4n) is 2.30. The quantitative estimate of drug-likeness (QED) is 0.691. The van der Waals surface area contributed by atoms with E-state index in [1.54, 1.807) is 18.3 Å². The van der Waals surface area contributed by atoms with Crippen LogP contribution in [0.5, 0.6) is 0 Å². The van der Waals surface area contributed by atoms with Gasteiger partial charge in [-0.1, -0.05) is 43.1 Å². The summed E-state index contributed by atoms with van der Waals surface area (Å²) in [6.45, 7) is 5.61. The first-order valence-corrected chi connectivity index (χ1v) is 9.13. The summed E-state index contributed by atoms with van der Waals surface area (Å²) in [6.07, 6.45) is 3.34. The standard InChI is InChI=1S/C19H23Cl2N3O/c1-13(2)5-8-24-19(25)18-12-16(7-10-23-18)22-9-6-14-3-4-15(20)11-17(14)21/h3-4,7,10-13H,5-6,8-9H2,1-2H3,(H,22,23)(H,24,25). The number of aromatic nitrogens is 1. The normalized spacial score (nSPS) is 10.8. The van der Waals surface area contributed by atoms with Crippen LogP contribution in [0.4, 0.5) is 5.69 Å². The molecule has 0 aliphatic rings. The third kappa shape index (κ3) is 6.56. The number of carbonyl (C=O) groups excluding carboxylic acids is 1. The maximum Gasteiger partial charge on any atom is 0.269 e. The molecule has 0 spiro atoms. The minimum Gasteiger partial charge on any atom is -0.385 e. The van der Waals surface area contributed by atoms with Crippen LogP contribution in [0.15, 0.2) is 36.5 Å². The molecule has 2 rings (SSSR count). The van der Waals surface area contributed by atoms with E-state index in [1.165, 1.54) is 0 Å². The topological polar surface area (TPSA) is 54.0 Å². The van der Waals surface area contributed by atoms with Crippen molar-refractivity contribution in [3.05, 3.63) is 57.8 Å². The molecule has 0 aliphatic heterocycles. The van der Waals surface area contributed by atoms with Gasteiger partial charge >= 0.3 is 0 Å². The van der Waals surface area contributed by atoms with Gasteiger partial charge in [-0.15, -0.1) is 0 Å². The molecule has 0 saturated heterocycles. The SMILES string of the molecule is CC(C)CCNC(=O)c1cc(NCCc2ccc(Cl)cc2Cl)ccn1. The van der Waals surface area contributed by atoms with Gasteiger partial charge in [-0.05, 0) is 48.6 Å². The third-order valence-electron chi connectivity index (χ3n) is 3.74. The number of halogens is 2. The van der Waals surface area contributed by atoms with E-state index in [1.807, 2.05) is 18.2 Å². The molecule has 4 nitrogen and oxygen atoms in total. The molecule has 25 heavy (non-hydrogen) atoms. The number of amides is 1. The fraction of sp³-hybridized carbons (Fsp3) is 0.368. The molecule has 1 heterocycles. The second kappa shape index (κ2) is 9.64. The predicted octanol–water partition coefficient (Wildman–Crippen LogP) is 4.82. The van der Waals surface area contributed by atoms with Gasteiger partial charge in [-0.3, -0.25) is 9.78 Å². The summed E-state index contributed by atoms with van der Waals surface area (Å²) in [4.78, 5) is 16.3. The fourth-order valence-corrected chi connectivity index (χ4v) is 2.80. The van der Waals surface area contributed by atoms with E-state index >= 15 is 0 Å². The van der Waals surface area contributed by atoms with Crippen LogP contribution < -0.4 is 10.6 Å². The average molecular weight is 380 g/mol. The predicted molar refractivity (Wildman–Crippen MR) is 105 cm³/mol. The van der Waals surface area contributed by atoms with Crippen LogP contribution in [-0.4, -0.2) is 24.0 Å². The van der Waals surface area contributed by atoms with Gasteiger partial charge in [0.05, 0.1) is 0 Å². The zero-order valence-electron chi connectivity index (χ0n) is 14.5. The lowest BCUT2D eigenvalue weighted by atomic mass is 10.1. The molecular weight excluding hydrogens is 357 g/mol. The van der Waals surface area contributed by atoms with Crippen LogP contribution in [0.1, 0.15) is 36.3 Å². The van der Waals surface area contributed by atoms with Gasteiger partial charge in [0, 0.05) is 35.0 Å². The highest BCUT2D eigenvalue weighted by molar-refractivity contribution is 6.35. The van der Waals surface area contributed by atoms with E-state index in [-0.39, 0.29) is 5.91 Å².